The van der Waals surface area contributed by atoms with Crippen molar-refractivity contribution in [1.29, 1.82) is 0 Å². The molecular formula is C11H21NO3. The number of nitrogens with zero attached hydrogens (tertiary/aromatic N) is 1. The fraction of sp³-hybridized carbons (Fsp3) is 0.727. The lowest BCUT2D eigenvalue weighted by Crippen LogP contribution is -2.35. The van der Waals surface area contributed by atoms with Crippen molar-refractivity contribution in [2.75, 3.05) is 26.8 Å². The van der Waals surface area contributed by atoms with Crippen LogP contribution < -0.4 is 0 Å². The van der Waals surface area contributed by atoms with E-state index in [2.05, 4.69) is 18.7 Å². The van der Waals surface area contributed by atoms with E-state index in [0.29, 0.717) is 19.2 Å². The Morgan fingerprint density at radius 2 is 2.13 bits per heavy atom. The summed E-state index contributed by atoms with van der Waals surface area (Å²) in [6, 6.07) is 0.386. The van der Waals surface area contributed by atoms with E-state index in [1.165, 1.54) is 6.08 Å². The molecule has 88 valence electrons. The first kappa shape index (κ1) is 14.1. The number of hydrogen-bond acceptors (Lipinski definition) is 3. The highest BCUT2D eigenvalue weighted by Crippen LogP contribution is 2.03. The van der Waals surface area contributed by atoms with Gasteiger partial charge >= 0.3 is 5.97 Å². The average molecular weight is 215 g/mol. The van der Waals surface area contributed by atoms with Gasteiger partial charge in [0, 0.05) is 32.3 Å². The second-order valence-electron chi connectivity index (χ2n) is 3.89. The molecule has 0 amide bonds. The molecule has 4 heteroatoms. The van der Waals surface area contributed by atoms with Gasteiger partial charge in [-0.1, -0.05) is 5.57 Å². The molecule has 0 rings (SSSR count). The van der Waals surface area contributed by atoms with Crippen LogP contribution in [0.5, 0.6) is 0 Å². The molecule has 0 aromatic heterocycles. The number of rotatable bonds is 7. The van der Waals surface area contributed by atoms with Crippen LogP contribution >= 0.6 is 0 Å². The van der Waals surface area contributed by atoms with Gasteiger partial charge in [0.15, 0.2) is 0 Å². The molecule has 0 fully saturated rings. The summed E-state index contributed by atoms with van der Waals surface area (Å²) in [5.41, 5.74) is 0.854. The Labute approximate surface area is 91.5 Å². The summed E-state index contributed by atoms with van der Waals surface area (Å²) in [5.74, 6) is -0.886. The third kappa shape index (κ3) is 7.11. The highest BCUT2D eigenvalue weighted by Gasteiger charge is 2.09. The maximum Gasteiger partial charge on any atom is 0.328 e. The SMILES string of the molecule is COCCN(CC(C)=CC(=O)O)C(C)C. The van der Waals surface area contributed by atoms with Crippen molar-refractivity contribution < 1.29 is 14.6 Å². The van der Waals surface area contributed by atoms with E-state index in [0.717, 1.165) is 12.1 Å². The summed E-state index contributed by atoms with van der Waals surface area (Å²) in [5, 5.41) is 8.59. The minimum atomic E-state index is -0.886. The van der Waals surface area contributed by atoms with Crippen LogP contribution in [0.4, 0.5) is 0 Å². The first-order valence-corrected chi connectivity index (χ1v) is 5.10. The van der Waals surface area contributed by atoms with E-state index in [9.17, 15) is 4.79 Å². The number of carboxylic acid groups (broad SMARTS) is 1. The molecule has 0 unspecified atom stereocenters. The van der Waals surface area contributed by atoms with E-state index in [4.69, 9.17) is 9.84 Å². The van der Waals surface area contributed by atoms with Crippen LogP contribution in [0.25, 0.3) is 0 Å². The summed E-state index contributed by atoms with van der Waals surface area (Å²) < 4.78 is 5.01. The van der Waals surface area contributed by atoms with Gasteiger partial charge in [-0.15, -0.1) is 0 Å². The molecule has 15 heavy (non-hydrogen) atoms. The van der Waals surface area contributed by atoms with E-state index >= 15 is 0 Å². The largest absolute Gasteiger partial charge is 0.478 e. The van der Waals surface area contributed by atoms with E-state index in [1.54, 1.807) is 7.11 Å². The van der Waals surface area contributed by atoms with Crippen molar-refractivity contribution in [2.24, 2.45) is 0 Å². The van der Waals surface area contributed by atoms with Gasteiger partial charge in [0.2, 0.25) is 0 Å². The van der Waals surface area contributed by atoms with Gasteiger partial charge in [-0.05, 0) is 20.8 Å². The summed E-state index contributed by atoms with van der Waals surface area (Å²) in [6.45, 7) is 8.16. The van der Waals surface area contributed by atoms with Gasteiger partial charge in [-0.3, -0.25) is 4.90 Å². The van der Waals surface area contributed by atoms with Crippen molar-refractivity contribution in [2.45, 2.75) is 26.8 Å². The number of carboxylic acids is 1. The average Bonchev–Trinajstić information content (AvgIpc) is 2.10. The van der Waals surface area contributed by atoms with Crippen molar-refractivity contribution in [3.05, 3.63) is 11.6 Å². The van der Waals surface area contributed by atoms with Gasteiger partial charge in [0.05, 0.1) is 6.61 Å². The zero-order chi connectivity index (χ0) is 11.8. The molecule has 0 aliphatic carbocycles. The topological polar surface area (TPSA) is 49.8 Å². The Morgan fingerprint density at radius 3 is 2.53 bits per heavy atom. The quantitative estimate of drug-likeness (QED) is 0.652. The summed E-state index contributed by atoms with van der Waals surface area (Å²) in [7, 11) is 1.67. The highest BCUT2D eigenvalue weighted by atomic mass is 16.5. The lowest BCUT2D eigenvalue weighted by molar-refractivity contribution is -0.131. The second kappa shape index (κ2) is 7.43. The normalized spacial score (nSPS) is 12.5. The molecule has 0 heterocycles. The van der Waals surface area contributed by atoms with Crippen LogP contribution in [-0.4, -0.2) is 48.8 Å². The van der Waals surface area contributed by atoms with Gasteiger partial charge in [0.25, 0.3) is 0 Å². The predicted molar refractivity (Wildman–Crippen MR) is 60.0 cm³/mol. The van der Waals surface area contributed by atoms with Crippen molar-refractivity contribution in [3.63, 3.8) is 0 Å². The van der Waals surface area contributed by atoms with Crippen LogP contribution in [0.1, 0.15) is 20.8 Å². The Bertz CT molecular complexity index is 224. The minimum Gasteiger partial charge on any atom is -0.478 e. The number of aliphatic carboxylic acids is 1. The summed E-state index contributed by atoms with van der Waals surface area (Å²) in [4.78, 5) is 12.6. The first-order valence-electron chi connectivity index (χ1n) is 5.10. The van der Waals surface area contributed by atoms with Crippen molar-refractivity contribution in [3.8, 4) is 0 Å². The molecule has 0 saturated carbocycles. The molecule has 0 atom stereocenters. The number of carbonyl (C=O) groups is 1. The van der Waals surface area contributed by atoms with Gasteiger partial charge in [0.1, 0.15) is 0 Å². The molecule has 0 saturated heterocycles. The van der Waals surface area contributed by atoms with Crippen LogP contribution in [0.15, 0.2) is 11.6 Å². The van der Waals surface area contributed by atoms with Gasteiger partial charge in [-0.2, -0.15) is 0 Å². The Balaban J connectivity index is 4.21. The van der Waals surface area contributed by atoms with Crippen LogP contribution in [-0.2, 0) is 9.53 Å². The fourth-order valence-electron chi connectivity index (χ4n) is 1.31. The van der Waals surface area contributed by atoms with Crippen molar-refractivity contribution in [1.82, 2.24) is 4.90 Å². The molecular weight excluding hydrogens is 194 g/mol. The lowest BCUT2D eigenvalue weighted by atomic mass is 10.2. The maximum atomic E-state index is 10.5. The Hall–Kier alpha value is -0.870. The Kier molecular flexibility index (Phi) is 6.99. The molecule has 0 aromatic carbocycles. The van der Waals surface area contributed by atoms with Crippen LogP contribution in [0, 0.1) is 0 Å². The third-order valence-corrected chi connectivity index (χ3v) is 2.14. The molecule has 4 nitrogen and oxygen atoms in total. The van der Waals surface area contributed by atoms with Crippen molar-refractivity contribution >= 4 is 5.97 Å². The zero-order valence-electron chi connectivity index (χ0n) is 9.99. The maximum absolute atomic E-state index is 10.5. The fourth-order valence-corrected chi connectivity index (χ4v) is 1.31. The minimum absolute atomic E-state index is 0.386. The molecule has 0 radical (unpaired) electrons. The lowest BCUT2D eigenvalue weighted by Gasteiger charge is -2.26. The molecule has 0 aliphatic heterocycles. The number of hydrogen-bond donors (Lipinski definition) is 1. The molecule has 0 bridgehead atoms. The van der Waals surface area contributed by atoms with Crippen LogP contribution in [0.3, 0.4) is 0 Å². The van der Waals surface area contributed by atoms with E-state index in [1.807, 2.05) is 6.92 Å². The predicted octanol–water partition coefficient (Wildman–Crippen LogP) is 1.37. The number of ether oxygens (including phenoxy) is 1. The van der Waals surface area contributed by atoms with E-state index in [-0.39, 0.29) is 0 Å². The molecule has 0 aromatic rings. The number of methoxy groups -OCH3 is 1. The van der Waals surface area contributed by atoms with Gasteiger partial charge < -0.3 is 9.84 Å². The summed E-state index contributed by atoms with van der Waals surface area (Å²) in [6.07, 6.45) is 1.25. The van der Waals surface area contributed by atoms with E-state index < -0.39 is 5.97 Å². The Morgan fingerprint density at radius 1 is 1.53 bits per heavy atom. The smallest absolute Gasteiger partial charge is 0.328 e. The molecule has 0 spiro atoms. The standard InChI is InChI=1S/C11H21NO3/c1-9(2)12(5-6-15-4)8-10(3)7-11(13)14/h7,9H,5-6,8H2,1-4H3,(H,13,14). The zero-order valence-corrected chi connectivity index (χ0v) is 9.99. The second-order valence-corrected chi connectivity index (χ2v) is 3.89. The van der Waals surface area contributed by atoms with Crippen LogP contribution in [0.2, 0.25) is 0 Å². The highest BCUT2D eigenvalue weighted by molar-refractivity contribution is 5.80. The van der Waals surface area contributed by atoms with Gasteiger partial charge in [-0.25, -0.2) is 4.79 Å². The molecule has 1 N–H and O–H groups in total. The molecule has 0 aliphatic rings. The first-order chi connectivity index (χ1) is 6.97. The monoisotopic (exact) mass is 215 g/mol. The summed E-state index contributed by atoms with van der Waals surface area (Å²) >= 11 is 0. The third-order valence-electron chi connectivity index (χ3n) is 2.14.